The SMILES string of the molecule is COc1c(C)cc(F)cc1CC(C)(C)C(=O)O. The molecule has 1 aromatic carbocycles. The van der Waals surface area contributed by atoms with Crippen LogP contribution in [-0.2, 0) is 11.2 Å². The highest BCUT2D eigenvalue weighted by Gasteiger charge is 2.29. The monoisotopic (exact) mass is 240 g/mol. The van der Waals surface area contributed by atoms with E-state index in [2.05, 4.69) is 0 Å². The number of hydrogen-bond acceptors (Lipinski definition) is 2. The minimum Gasteiger partial charge on any atom is -0.496 e. The number of rotatable bonds is 4. The molecule has 0 aliphatic carbocycles. The molecule has 0 spiro atoms. The molecule has 0 amide bonds. The Bertz CT molecular complexity index is 439. The minimum absolute atomic E-state index is 0.226. The van der Waals surface area contributed by atoms with Crippen molar-refractivity contribution in [2.24, 2.45) is 5.41 Å². The molecular formula is C13H17FO3. The van der Waals surface area contributed by atoms with Crippen molar-refractivity contribution in [1.29, 1.82) is 0 Å². The van der Waals surface area contributed by atoms with Gasteiger partial charge in [0.1, 0.15) is 11.6 Å². The van der Waals surface area contributed by atoms with Gasteiger partial charge in [-0.15, -0.1) is 0 Å². The summed E-state index contributed by atoms with van der Waals surface area (Å²) in [5.74, 6) is -0.735. The Morgan fingerprint density at radius 1 is 1.47 bits per heavy atom. The lowest BCUT2D eigenvalue weighted by molar-refractivity contribution is -0.146. The molecule has 0 unspecified atom stereocenters. The molecule has 3 nitrogen and oxygen atoms in total. The summed E-state index contributed by atoms with van der Waals surface area (Å²) < 4.78 is 18.5. The van der Waals surface area contributed by atoms with E-state index >= 15 is 0 Å². The third-order valence-electron chi connectivity index (χ3n) is 2.73. The second-order valence-corrected chi connectivity index (χ2v) is 4.78. The van der Waals surface area contributed by atoms with Crippen molar-refractivity contribution in [3.8, 4) is 5.75 Å². The van der Waals surface area contributed by atoms with Gasteiger partial charge in [-0.3, -0.25) is 4.79 Å². The molecular weight excluding hydrogens is 223 g/mol. The quantitative estimate of drug-likeness (QED) is 0.880. The number of benzene rings is 1. The van der Waals surface area contributed by atoms with Crippen LogP contribution in [0.4, 0.5) is 4.39 Å². The molecule has 0 aliphatic heterocycles. The highest BCUT2D eigenvalue weighted by molar-refractivity contribution is 5.74. The minimum atomic E-state index is -0.951. The van der Waals surface area contributed by atoms with Crippen molar-refractivity contribution in [3.63, 3.8) is 0 Å². The van der Waals surface area contributed by atoms with Gasteiger partial charge in [0.15, 0.2) is 0 Å². The summed E-state index contributed by atoms with van der Waals surface area (Å²) in [7, 11) is 1.50. The molecule has 0 saturated carbocycles. The predicted molar refractivity (Wildman–Crippen MR) is 62.8 cm³/mol. The molecule has 0 heterocycles. The summed E-state index contributed by atoms with van der Waals surface area (Å²) in [4.78, 5) is 11.1. The van der Waals surface area contributed by atoms with Crippen molar-refractivity contribution in [1.82, 2.24) is 0 Å². The van der Waals surface area contributed by atoms with Gasteiger partial charge < -0.3 is 9.84 Å². The summed E-state index contributed by atoms with van der Waals surface area (Å²) in [5, 5.41) is 9.07. The van der Waals surface area contributed by atoms with Gasteiger partial charge in [0, 0.05) is 0 Å². The van der Waals surface area contributed by atoms with Gasteiger partial charge in [-0.1, -0.05) is 0 Å². The number of carbonyl (C=O) groups is 1. The van der Waals surface area contributed by atoms with E-state index in [1.54, 1.807) is 20.8 Å². The van der Waals surface area contributed by atoms with E-state index in [-0.39, 0.29) is 12.2 Å². The Kier molecular flexibility index (Phi) is 3.76. The van der Waals surface area contributed by atoms with Crippen molar-refractivity contribution < 1.29 is 19.0 Å². The first-order valence-electron chi connectivity index (χ1n) is 5.34. The molecule has 94 valence electrons. The average molecular weight is 240 g/mol. The molecule has 0 aromatic heterocycles. The molecule has 0 atom stereocenters. The van der Waals surface area contributed by atoms with Crippen LogP contribution >= 0.6 is 0 Å². The maximum atomic E-state index is 13.3. The van der Waals surface area contributed by atoms with Gasteiger partial charge in [0.05, 0.1) is 12.5 Å². The van der Waals surface area contributed by atoms with Crippen LogP contribution in [0.15, 0.2) is 12.1 Å². The number of carboxylic acids is 1. The van der Waals surface area contributed by atoms with Crippen LogP contribution in [0.5, 0.6) is 5.75 Å². The van der Waals surface area contributed by atoms with Gasteiger partial charge >= 0.3 is 5.97 Å². The first kappa shape index (κ1) is 13.5. The normalized spacial score (nSPS) is 11.4. The Morgan fingerprint density at radius 2 is 2.06 bits per heavy atom. The highest BCUT2D eigenvalue weighted by atomic mass is 19.1. The average Bonchev–Trinajstić information content (AvgIpc) is 2.15. The van der Waals surface area contributed by atoms with E-state index < -0.39 is 11.4 Å². The first-order chi connectivity index (χ1) is 7.77. The second-order valence-electron chi connectivity index (χ2n) is 4.78. The Balaban J connectivity index is 3.18. The van der Waals surface area contributed by atoms with Crippen molar-refractivity contribution in [2.75, 3.05) is 7.11 Å². The van der Waals surface area contributed by atoms with E-state index in [0.717, 1.165) is 0 Å². The lowest BCUT2D eigenvalue weighted by Crippen LogP contribution is -2.26. The smallest absolute Gasteiger partial charge is 0.309 e. The fourth-order valence-electron chi connectivity index (χ4n) is 1.77. The lowest BCUT2D eigenvalue weighted by atomic mass is 9.85. The van der Waals surface area contributed by atoms with Gasteiger partial charge in [-0.2, -0.15) is 0 Å². The standard InChI is InChI=1S/C13H17FO3/c1-8-5-10(14)6-9(11(8)17-4)7-13(2,3)12(15)16/h5-6H,7H2,1-4H3,(H,15,16). The summed E-state index contributed by atoms with van der Waals surface area (Å²) in [6.45, 7) is 4.95. The topological polar surface area (TPSA) is 46.5 Å². The molecule has 0 fully saturated rings. The molecule has 0 radical (unpaired) electrons. The number of ether oxygens (including phenoxy) is 1. The van der Waals surface area contributed by atoms with Gasteiger partial charge in [0.2, 0.25) is 0 Å². The third kappa shape index (κ3) is 2.96. The maximum Gasteiger partial charge on any atom is 0.309 e. The van der Waals surface area contributed by atoms with Crippen LogP contribution in [0.1, 0.15) is 25.0 Å². The molecule has 1 aromatic rings. The second kappa shape index (κ2) is 4.73. The van der Waals surface area contributed by atoms with E-state index in [1.165, 1.54) is 19.2 Å². The van der Waals surface area contributed by atoms with E-state index in [1.807, 2.05) is 0 Å². The zero-order valence-corrected chi connectivity index (χ0v) is 10.5. The number of hydrogen-bond donors (Lipinski definition) is 1. The van der Waals surface area contributed by atoms with Crippen LogP contribution in [0, 0.1) is 18.2 Å². The summed E-state index contributed by atoms with van der Waals surface area (Å²) >= 11 is 0. The zero-order chi connectivity index (χ0) is 13.2. The maximum absolute atomic E-state index is 13.3. The first-order valence-corrected chi connectivity index (χ1v) is 5.34. The predicted octanol–water partition coefficient (Wildman–Crippen LogP) is 2.80. The third-order valence-corrected chi connectivity index (χ3v) is 2.73. The number of halogens is 1. The number of aliphatic carboxylic acids is 1. The van der Waals surface area contributed by atoms with Crippen molar-refractivity contribution in [2.45, 2.75) is 27.2 Å². The fourth-order valence-corrected chi connectivity index (χ4v) is 1.77. The molecule has 4 heteroatoms. The van der Waals surface area contributed by atoms with Crippen LogP contribution < -0.4 is 4.74 Å². The lowest BCUT2D eigenvalue weighted by Gasteiger charge is -2.21. The van der Waals surface area contributed by atoms with Crippen LogP contribution in [0.3, 0.4) is 0 Å². The Labute approximate surface area is 100 Å². The number of carboxylic acid groups (broad SMARTS) is 1. The number of methoxy groups -OCH3 is 1. The summed E-state index contributed by atoms with van der Waals surface area (Å²) in [6.07, 6.45) is 0.226. The Hall–Kier alpha value is -1.58. The largest absolute Gasteiger partial charge is 0.496 e. The Morgan fingerprint density at radius 3 is 2.53 bits per heavy atom. The molecule has 0 bridgehead atoms. The molecule has 0 saturated heterocycles. The molecule has 1 N–H and O–H groups in total. The van der Waals surface area contributed by atoms with Crippen molar-refractivity contribution in [3.05, 3.63) is 29.1 Å². The summed E-state index contributed by atoms with van der Waals surface area (Å²) in [6, 6.07) is 2.70. The van der Waals surface area contributed by atoms with E-state index in [4.69, 9.17) is 9.84 Å². The van der Waals surface area contributed by atoms with Crippen LogP contribution in [0.2, 0.25) is 0 Å². The molecule has 17 heavy (non-hydrogen) atoms. The van der Waals surface area contributed by atoms with Crippen LogP contribution in [-0.4, -0.2) is 18.2 Å². The van der Waals surface area contributed by atoms with E-state index in [0.29, 0.717) is 16.9 Å². The summed E-state index contributed by atoms with van der Waals surface area (Å²) in [5.41, 5.74) is 0.300. The highest BCUT2D eigenvalue weighted by Crippen LogP contribution is 2.31. The van der Waals surface area contributed by atoms with Gasteiger partial charge in [0.25, 0.3) is 0 Å². The molecule has 0 aliphatic rings. The fraction of sp³-hybridized carbons (Fsp3) is 0.462. The van der Waals surface area contributed by atoms with Gasteiger partial charge in [-0.25, -0.2) is 4.39 Å². The van der Waals surface area contributed by atoms with Gasteiger partial charge in [-0.05, 0) is 50.5 Å². The van der Waals surface area contributed by atoms with Crippen LogP contribution in [0.25, 0.3) is 0 Å². The van der Waals surface area contributed by atoms with Crippen molar-refractivity contribution >= 4 is 5.97 Å². The van der Waals surface area contributed by atoms with E-state index in [9.17, 15) is 9.18 Å². The zero-order valence-electron chi connectivity index (χ0n) is 10.5. The molecule has 1 rings (SSSR count). The number of aryl methyl sites for hydroxylation is 1.